The molecular weight excluding hydrogens is 465 g/mol. The zero-order chi connectivity index (χ0) is 24.1. The molecular formula is C26H25ClFN7. The zero-order valence-corrected chi connectivity index (χ0v) is 19.9. The number of nitrogens with one attached hydrogen (secondary N) is 4. The molecule has 9 heteroatoms. The molecule has 3 aromatic rings. The van der Waals surface area contributed by atoms with Crippen molar-refractivity contribution in [3.63, 3.8) is 0 Å². The summed E-state index contributed by atoms with van der Waals surface area (Å²) >= 11 is 6.68. The molecule has 2 saturated carbocycles. The van der Waals surface area contributed by atoms with Crippen molar-refractivity contribution in [2.45, 2.75) is 44.3 Å². The van der Waals surface area contributed by atoms with E-state index >= 15 is 0 Å². The molecule has 2 fully saturated rings. The quantitative estimate of drug-likeness (QED) is 0.362. The Kier molecular flexibility index (Phi) is 5.39. The molecule has 2 heterocycles. The summed E-state index contributed by atoms with van der Waals surface area (Å²) in [5.41, 5.74) is 10.9. The van der Waals surface area contributed by atoms with E-state index < -0.39 is 0 Å². The van der Waals surface area contributed by atoms with Gasteiger partial charge in [0.15, 0.2) is 0 Å². The van der Waals surface area contributed by atoms with Crippen LogP contribution < -0.4 is 21.6 Å². The summed E-state index contributed by atoms with van der Waals surface area (Å²) in [6.45, 7) is 2.18. The Balaban J connectivity index is 1.40. The van der Waals surface area contributed by atoms with Gasteiger partial charge in [0.1, 0.15) is 11.9 Å². The third kappa shape index (κ3) is 4.33. The minimum absolute atomic E-state index is 0.285. The lowest BCUT2D eigenvalue weighted by Gasteiger charge is -2.22. The number of nitriles is 1. The van der Waals surface area contributed by atoms with E-state index in [1.807, 2.05) is 12.1 Å². The standard InChI is InChI=1S/C26H25ClFN7/c1-14-8-22(14)32-24-16(11-29)12-30-26-20(24)9-18(10-21(26)27)31-25(15-2-4-17(28)5-3-15)23-13-35(34-33-23)19-6-7-19/h2-5,9-10,12-14,19,22,25,31,33-34H,6-8H2,1H3,(H,30,32)/t14?,22-,25?/m1/s1. The van der Waals surface area contributed by atoms with Crippen molar-refractivity contribution in [3.8, 4) is 6.07 Å². The molecule has 4 N–H and O–H groups in total. The molecule has 0 radical (unpaired) electrons. The Labute approximate surface area is 207 Å². The van der Waals surface area contributed by atoms with Gasteiger partial charge in [-0.05, 0) is 55.0 Å². The molecule has 35 heavy (non-hydrogen) atoms. The van der Waals surface area contributed by atoms with Gasteiger partial charge in [-0.3, -0.25) is 9.99 Å². The predicted octanol–water partition coefficient (Wildman–Crippen LogP) is 5.20. The molecule has 2 aliphatic carbocycles. The summed E-state index contributed by atoms with van der Waals surface area (Å²) in [6.07, 6.45) is 6.99. The van der Waals surface area contributed by atoms with Crippen molar-refractivity contribution in [1.82, 2.24) is 21.0 Å². The average Bonchev–Trinajstić information content (AvgIpc) is 3.77. The number of hydrogen-bond donors (Lipinski definition) is 4. The zero-order valence-electron chi connectivity index (χ0n) is 19.1. The summed E-state index contributed by atoms with van der Waals surface area (Å²) in [6, 6.07) is 13.1. The maximum Gasteiger partial charge on any atom is 0.123 e. The van der Waals surface area contributed by atoms with Gasteiger partial charge < -0.3 is 16.1 Å². The highest BCUT2D eigenvalue weighted by atomic mass is 35.5. The van der Waals surface area contributed by atoms with E-state index in [2.05, 4.69) is 50.8 Å². The topological polar surface area (TPSA) is 88.0 Å². The van der Waals surface area contributed by atoms with Crippen LogP contribution in [0.2, 0.25) is 5.02 Å². The van der Waals surface area contributed by atoms with Crippen molar-refractivity contribution in [2.75, 3.05) is 10.6 Å². The minimum atomic E-state index is -0.285. The fraction of sp³-hybridized carbons (Fsp3) is 0.308. The lowest BCUT2D eigenvalue weighted by atomic mass is 10.0. The number of fused-ring (bicyclic) bond motifs is 1. The van der Waals surface area contributed by atoms with Gasteiger partial charge in [-0.25, -0.2) is 4.39 Å². The van der Waals surface area contributed by atoms with Crippen molar-refractivity contribution in [2.24, 2.45) is 5.92 Å². The second-order valence-electron chi connectivity index (χ2n) is 9.57. The summed E-state index contributed by atoms with van der Waals surface area (Å²) < 4.78 is 13.7. The highest BCUT2D eigenvalue weighted by Gasteiger charge is 2.34. The summed E-state index contributed by atoms with van der Waals surface area (Å²) in [5, 5.41) is 20.2. The number of nitrogens with zero attached hydrogens (tertiary/aromatic N) is 3. The fourth-order valence-electron chi connectivity index (χ4n) is 4.49. The summed E-state index contributed by atoms with van der Waals surface area (Å²) in [4.78, 5) is 4.46. The van der Waals surface area contributed by atoms with Crippen molar-refractivity contribution in [3.05, 3.63) is 76.5 Å². The fourth-order valence-corrected chi connectivity index (χ4v) is 4.76. The van der Waals surface area contributed by atoms with Crippen LogP contribution in [-0.4, -0.2) is 22.1 Å². The molecule has 1 aliphatic heterocycles. The Morgan fingerprint density at radius 3 is 2.71 bits per heavy atom. The molecule has 7 nitrogen and oxygen atoms in total. The monoisotopic (exact) mass is 489 g/mol. The summed E-state index contributed by atoms with van der Waals surface area (Å²) in [7, 11) is 0. The SMILES string of the molecule is CC1C[C@H]1Nc1c(C#N)cnc2c(Cl)cc(NC(C3=CN(C4CC4)NN3)c3ccc(F)cc3)cc12. The van der Waals surface area contributed by atoms with Gasteiger partial charge in [0, 0.05) is 35.6 Å². The van der Waals surface area contributed by atoms with Crippen LogP contribution in [0.3, 0.4) is 0 Å². The van der Waals surface area contributed by atoms with Gasteiger partial charge in [0.2, 0.25) is 0 Å². The Morgan fingerprint density at radius 1 is 1.26 bits per heavy atom. The maximum absolute atomic E-state index is 13.7. The summed E-state index contributed by atoms with van der Waals surface area (Å²) in [5.74, 6) is 0.277. The third-order valence-corrected chi connectivity index (χ3v) is 7.15. The van der Waals surface area contributed by atoms with Crippen LogP contribution in [0.5, 0.6) is 0 Å². The first-order valence-electron chi connectivity index (χ1n) is 11.8. The highest BCUT2D eigenvalue weighted by molar-refractivity contribution is 6.35. The van der Waals surface area contributed by atoms with Crippen LogP contribution in [0.1, 0.15) is 43.4 Å². The van der Waals surface area contributed by atoms with Crippen LogP contribution >= 0.6 is 11.6 Å². The Hall–Kier alpha value is -3.54. The molecule has 178 valence electrons. The molecule has 0 amide bonds. The first-order chi connectivity index (χ1) is 17.0. The number of benzene rings is 2. The van der Waals surface area contributed by atoms with Crippen molar-refractivity contribution in [1.29, 1.82) is 5.26 Å². The van der Waals surface area contributed by atoms with Crippen LogP contribution in [0.4, 0.5) is 15.8 Å². The predicted molar refractivity (Wildman–Crippen MR) is 135 cm³/mol. The highest BCUT2D eigenvalue weighted by Crippen LogP contribution is 2.39. The van der Waals surface area contributed by atoms with E-state index in [1.54, 1.807) is 18.3 Å². The van der Waals surface area contributed by atoms with Gasteiger partial charge >= 0.3 is 0 Å². The van der Waals surface area contributed by atoms with Crippen LogP contribution in [-0.2, 0) is 0 Å². The number of aromatic nitrogens is 1. The number of halogens is 2. The lowest BCUT2D eigenvalue weighted by molar-refractivity contribution is 0.260. The lowest BCUT2D eigenvalue weighted by Crippen LogP contribution is -2.38. The smallest absolute Gasteiger partial charge is 0.123 e. The molecule has 3 atom stereocenters. The normalized spacial score (nSPS) is 21.8. The number of hydrogen-bond acceptors (Lipinski definition) is 7. The van der Waals surface area contributed by atoms with Gasteiger partial charge in [-0.2, -0.15) is 5.26 Å². The molecule has 2 unspecified atom stereocenters. The van der Waals surface area contributed by atoms with Gasteiger partial charge in [0.25, 0.3) is 0 Å². The maximum atomic E-state index is 13.7. The molecule has 3 aliphatic rings. The van der Waals surface area contributed by atoms with Gasteiger partial charge in [-0.1, -0.05) is 30.7 Å². The Morgan fingerprint density at radius 2 is 2.03 bits per heavy atom. The first-order valence-corrected chi connectivity index (χ1v) is 12.2. The molecule has 2 aromatic carbocycles. The molecule has 6 rings (SSSR count). The van der Waals surface area contributed by atoms with Crippen LogP contribution in [0, 0.1) is 23.1 Å². The number of anilines is 2. The van der Waals surface area contributed by atoms with Crippen molar-refractivity contribution < 1.29 is 4.39 Å². The van der Waals surface area contributed by atoms with Crippen LogP contribution in [0.15, 0.2) is 54.5 Å². The minimum Gasteiger partial charge on any atom is -0.380 e. The second kappa shape index (κ2) is 8.59. The third-order valence-electron chi connectivity index (χ3n) is 6.86. The second-order valence-corrected chi connectivity index (χ2v) is 9.97. The van der Waals surface area contributed by atoms with Gasteiger partial charge in [0.05, 0.1) is 33.5 Å². The van der Waals surface area contributed by atoms with Crippen LogP contribution in [0.25, 0.3) is 10.9 Å². The van der Waals surface area contributed by atoms with E-state index in [9.17, 15) is 9.65 Å². The molecule has 0 spiro atoms. The number of pyridine rings is 1. The number of hydrazine groups is 2. The first kappa shape index (κ1) is 22.0. The van der Waals surface area contributed by atoms with Crippen molar-refractivity contribution >= 4 is 33.9 Å². The van der Waals surface area contributed by atoms with E-state index in [0.29, 0.717) is 34.1 Å². The van der Waals surface area contributed by atoms with E-state index in [0.717, 1.165) is 47.3 Å². The Bertz CT molecular complexity index is 1360. The van der Waals surface area contributed by atoms with Gasteiger partial charge in [-0.15, -0.1) is 5.53 Å². The van der Waals surface area contributed by atoms with E-state index in [1.165, 1.54) is 12.1 Å². The molecule has 0 saturated heterocycles. The molecule has 0 bridgehead atoms. The average molecular weight is 490 g/mol. The molecule has 1 aromatic heterocycles. The number of rotatable bonds is 7. The van der Waals surface area contributed by atoms with E-state index in [4.69, 9.17) is 11.6 Å². The van der Waals surface area contributed by atoms with E-state index in [-0.39, 0.29) is 11.9 Å². The largest absolute Gasteiger partial charge is 0.380 e.